The Morgan fingerprint density at radius 1 is 1.27 bits per heavy atom. The fraction of sp³-hybridized carbons (Fsp3) is 0.562. The van der Waals surface area contributed by atoms with Crippen LogP contribution >= 0.6 is 0 Å². The van der Waals surface area contributed by atoms with Gasteiger partial charge in [0.05, 0.1) is 11.9 Å². The normalized spacial score (nSPS) is 27.5. The maximum atomic E-state index is 12.4. The standard InChI is InChI=1S/C16H23NO4S/c1-4-11-6-8-12(9-7-11)13-14(22(3,19)20)16(13,10-17)15(18)21-5-2/h6-9,13-14H,4-5,10,17H2,1-3H3/t13-,14+,16+/m1/s1. The van der Waals surface area contributed by atoms with E-state index in [0.29, 0.717) is 0 Å². The van der Waals surface area contributed by atoms with Crippen molar-refractivity contribution in [2.75, 3.05) is 19.4 Å². The van der Waals surface area contributed by atoms with Crippen molar-refractivity contribution in [2.45, 2.75) is 31.4 Å². The number of rotatable bonds is 6. The van der Waals surface area contributed by atoms with Gasteiger partial charge in [-0.1, -0.05) is 31.2 Å². The van der Waals surface area contributed by atoms with E-state index in [-0.39, 0.29) is 13.2 Å². The second-order valence-electron chi connectivity index (χ2n) is 5.79. The molecule has 0 heterocycles. The van der Waals surface area contributed by atoms with Crippen molar-refractivity contribution in [3.8, 4) is 0 Å². The number of benzene rings is 1. The largest absolute Gasteiger partial charge is 0.465 e. The molecule has 22 heavy (non-hydrogen) atoms. The van der Waals surface area contributed by atoms with Crippen LogP contribution in [0.1, 0.15) is 30.9 Å². The Morgan fingerprint density at radius 3 is 2.27 bits per heavy atom. The minimum Gasteiger partial charge on any atom is -0.465 e. The van der Waals surface area contributed by atoms with Crippen LogP contribution in [0.2, 0.25) is 0 Å². The molecule has 0 spiro atoms. The third-order valence-corrected chi connectivity index (χ3v) is 6.07. The highest BCUT2D eigenvalue weighted by atomic mass is 32.2. The van der Waals surface area contributed by atoms with Crippen molar-refractivity contribution >= 4 is 15.8 Å². The molecule has 1 aromatic carbocycles. The number of carbonyl (C=O) groups excluding carboxylic acids is 1. The van der Waals surface area contributed by atoms with Crippen LogP contribution in [0, 0.1) is 5.41 Å². The van der Waals surface area contributed by atoms with E-state index in [9.17, 15) is 13.2 Å². The lowest BCUT2D eigenvalue weighted by Crippen LogP contribution is -2.33. The molecule has 0 aromatic heterocycles. The highest BCUT2D eigenvalue weighted by Gasteiger charge is 2.74. The molecule has 5 nitrogen and oxygen atoms in total. The Kier molecular flexibility index (Phi) is 4.63. The highest BCUT2D eigenvalue weighted by Crippen LogP contribution is 2.62. The van der Waals surface area contributed by atoms with Crippen LogP contribution in [0.15, 0.2) is 24.3 Å². The van der Waals surface area contributed by atoms with Crippen molar-refractivity contribution < 1.29 is 17.9 Å². The number of hydrogen-bond acceptors (Lipinski definition) is 5. The Morgan fingerprint density at radius 2 is 1.86 bits per heavy atom. The summed E-state index contributed by atoms with van der Waals surface area (Å²) in [6.07, 6.45) is 2.06. The van der Waals surface area contributed by atoms with Gasteiger partial charge in [-0.15, -0.1) is 0 Å². The molecule has 1 aliphatic carbocycles. The Balaban J connectivity index is 2.44. The van der Waals surface area contributed by atoms with Gasteiger partial charge < -0.3 is 10.5 Å². The number of esters is 1. The molecule has 6 heteroatoms. The van der Waals surface area contributed by atoms with Crippen molar-refractivity contribution in [3.63, 3.8) is 0 Å². The third kappa shape index (κ3) is 2.65. The zero-order chi connectivity index (χ0) is 16.5. The molecular formula is C16H23NO4S. The first kappa shape index (κ1) is 17.0. The summed E-state index contributed by atoms with van der Waals surface area (Å²) in [5, 5.41) is -0.809. The van der Waals surface area contributed by atoms with E-state index in [2.05, 4.69) is 0 Å². The van der Waals surface area contributed by atoms with Gasteiger partial charge in [0, 0.05) is 18.7 Å². The molecule has 0 amide bonds. The summed E-state index contributed by atoms with van der Waals surface area (Å²) >= 11 is 0. The van der Waals surface area contributed by atoms with Crippen LogP contribution in [0.25, 0.3) is 0 Å². The van der Waals surface area contributed by atoms with Gasteiger partial charge in [0.2, 0.25) is 0 Å². The molecule has 3 atom stereocenters. The van der Waals surface area contributed by atoms with Crippen LogP contribution in [0.5, 0.6) is 0 Å². The average molecular weight is 325 g/mol. The number of nitrogens with two attached hydrogens (primary N) is 1. The first-order valence-corrected chi connectivity index (χ1v) is 9.43. The lowest BCUT2D eigenvalue weighted by molar-refractivity contribution is -0.149. The predicted octanol–water partition coefficient (Wildman–Crippen LogP) is 1.27. The van der Waals surface area contributed by atoms with Crippen LogP contribution in [0.3, 0.4) is 0 Å². The molecule has 1 saturated carbocycles. The van der Waals surface area contributed by atoms with Gasteiger partial charge in [0.1, 0.15) is 5.41 Å². The van der Waals surface area contributed by atoms with E-state index in [1.165, 1.54) is 0 Å². The second kappa shape index (κ2) is 6.01. The van der Waals surface area contributed by atoms with Gasteiger partial charge in [-0.05, 0) is 24.5 Å². The molecule has 0 radical (unpaired) electrons. The maximum absolute atomic E-state index is 12.4. The lowest BCUT2D eigenvalue weighted by atomic mass is 9.98. The van der Waals surface area contributed by atoms with Gasteiger partial charge in [-0.25, -0.2) is 8.42 Å². The van der Waals surface area contributed by atoms with Gasteiger partial charge in [0.15, 0.2) is 9.84 Å². The van der Waals surface area contributed by atoms with Gasteiger partial charge in [-0.3, -0.25) is 4.79 Å². The molecule has 0 unspecified atom stereocenters. The number of ether oxygens (including phenoxy) is 1. The maximum Gasteiger partial charge on any atom is 0.315 e. The van der Waals surface area contributed by atoms with E-state index >= 15 is 0 Å². The number of aryl methyl sites for hydroxylation is 1. The molecule has 1 aromatic rings. The predicted molar refractivity (Wildman–Crippen MR) is 85.3 cm³/mol. The summed E-state index contributed by atoms with van der Waals surface area (Å²) in [6, 6.07) is 7.69. The zero-order valence-electron chi connectivity index (χ0n) is 13.2. The molecule has 1 aliphatic rings. The fourth-order valence-corrected chi connectivity index (χ4v) is 5.22. The average Bonchev–Trinajstić information content (AvgIpc) is 3.18. The van der Waals surface area contributed by atoms with E-state index in [4.69, 9.17) is 10.5 Å². The zero-order valence-corrected chi connectivity index (χ0v) is 14.0. The Bertz CT molecular complexity index is 653. The topological polar surface area (TPSA) is 86.5 Å². The quantitative estimate of drug-likeness (QED) is 0.796. The summed E-state index contributed by atoms with van der Waals surface area (Å²) in [5.41, 5.74) is 6.64. The van der Waals surface area contributed by atoms with Gasteiger partial charge >= 0.3 is 5.97 Å². The molecule has 0 aliphatic heterocycles. The van der Waals surface area contributed by atoms with Crippen LogP contribution in [-0.2, 0) is 25.8 Å². The molecular weight excluding hydrogens is 302 g/mol. The van der Waals surface area contributed by atoms with E-state index in [0.717, 1.165) is 23.8 Å². The minimum atomic E-state index is -3.41. The summed E-state index contributed by atoms with van der Waals surface area (Å²) in [4.78, 5) is 12.4. The molecule has 0 bridgehead atoms. The molecule has 0 saturated heterocycles. The first-order chi connectivity index (χ1) is 10.3. The molecule has 122 valence electrons. The Labute approximate surface area is 131 Å². The SMILES string of the molecule is CCOC(=O)[C@@]1(CN)[C@H](c2ccc(CC)cc2)[C@@H]1S(C)(=O)=O. The number of sulfone groups is 1. The van der Waals surface area contributed by atoms with Crippen LogP contribution < -0.4 is 5.73 Å². The first-order valence-electron chi connectivity index (χ1n) is 7.47. The van der Waals surface area contributed by atoms with Crippen molar-refractivity contribution in [1.29, 1.82) is 0 Å². The number of hydrogen-bond donors (Lipinski definition) is 1. The van der Waals surface area contributed by atoms with Gasteiger partial charge in [-0.2, -0.15) is 0 Å². The second-order valence-corrected chi connectivity index (χ2v) is 7.95. The molecule has 2 rings (SSSR count). The smallest absolute Gasteiger partial charge is 0.315 e. The lowest BCUT2D eigenvalue weighted by Gasteiger charge is -2.14. The summed E-state index contributed by atoms with van der Waals surface area (Å²) in [5.74, 6) is -0.949. The van der Waals surface area contributed by atoms with Crippen LogP contribution in [0.4, 0.5) is 0 Å². The van der Waals surface area contributed by atoms with E-state index < -0.39 is 32.4 Å². The fourth-order valence-electron chi connectivity index (χ4n) is 3.30. The van der Waals surface area contributed by atoms with Crippen LogP contribution in [-0.4, -0.2) is 39.0 Å². The monoisotopic (exact) mass is 325 g/mol. The van der Waals surface area contributed by atoms with E-state index in [1.807, 2.05) is 31.2 Å². The van der Waals surface area contributed by atoms with Crippen molar-refractivity contribution in [3.05, 3.63) is 35.4 Å². The van der Waals surface area contributed by atoms with Crippen molar-refractivity contribution in [2.24, 2.45) is 11.1 Å². The highest BCUT2D eigenvalue weighted by molar-refractivity contribution is 7.91. The summed E-state index contributed by atoms with van der Waals surface area (Å²) in [6.45, 7) is 3.92. The summed E-state index contributed by atoms with van der Waals surface area (Å²) in [7, 11) is -3.41. The van der Waals surface area contributed by atoms with Gasteiger partial charge in [0.25, 0.3) is 0 Å². The van der Waals surface area contributed by atoms with Crippen molar-refractivity contribution in [1.82, 2.24) is 0 Å². The Hall–Kier alpha value is -1.40. The van der Waals surface area contributed by atoms with E-state index in [1.54, 1.807) is 6.92 Å². The third-order valence-electron chi connectivity index (χ3n) is 4.46. The molecule has 1 fully saturated rings. The molecule has 2 N–H and O–H groups in total. The summed E-state index contributed by atoms with van der Waals surface area (Å²) < 4.78 is 29.3. The minimum absolute atomic E-state index is 0.0379. The number of carbonyl (C=O) groups is 1.